The molecule has 0 unspecified atom stereocenters. The second-order valence-corrected chi connectivity index (χ2v) is 5.33. The van der Waals surface area contributed by atoms with Gasteiger partial charge in [-0.1, -0.05) is 28.1 Å². The van der Waals surface area contributed by atoms with E-state index in [9.17, 15) is 9.59 Å². The van der Waals surface area contributed by atoms with E-state index in [2.05, 4.69) is 31.8 Å². The summed E-state index contributed by atoms with van der Waals surface area (Å²) in [4.78, 5) is 23.2. The molecule has 0 bridgehead atoms. The molecular formula is C15H14BrN3O3. The van der Waals surface area contributed by atoms with Crippen LogP contribution in [0.3, 0.4) is 0 Å². The maximum atomic E-state index is 11.6. The number of benzene rings is 1. The predicted octanol–water partition coefficient (Wildman–Crippen LogP) is 2.20. The van der Waals surface area contributed by atoms with Gasteiger partial charge in [-0.2, -0.15) is 5.10 Å². The van der Waals surface area contributed by atoms with E-state index in [1.54, 1.807) is 19.1 Å². The Bertz CT molecular complexity index is 696. The molecule has 0 radical (unpaired) electrons. The molecule has 0 saturated heterocycles. The number of hydrogen-bond donors (Lipinski definition) is 2. The zero-order valence-electron chi connectivity index (χ0n) is 11.8. The van der Waals surface area contributed by atoms with Crippen LogP contribution in [0.5, 0.6) is 0 Å². The van der Waals surface area contributed by atoms with Crippen molar-refractivity contribution in [3.8, 4) is 0 Å². The predicted molar refractivity (Wildman–Crippen MR) is 85.1 cm³/mol. The first kappa shape index (κ1) is 16.0. The van der Waals surface area contributed by atoms with Crippen LogP contribution in [-0.4, -0.2) is 17.5 Å². The highest BCUT2D eigenvalue weighted by molar-refractivity contribution is 9.10. The van der Waals surface area contributed by atoms with Crippen LogP contribution in [0.25, 0.3) is 0 Å². The highest BCUT2D eigenvalue weighted by Crippen LogP contribution is 2.12. The van der Waals surface area contributed by atoms with Gasteiger partial charge in [0.15, 0.2) is 0 Å². The molecule has 6 nitrogen and oxygen atoms in total. The minimum absolute atomic E-state index is 0.146. The number of carbonyl (C=O) groups excluding carboxylic acids is 2. The van der Waals surface area contributed by atoms with Gasteiger partial charge in [-0.25, -0.2) is 5.43 Å². The van der Waals surface area contributed by atoms with E-state index in [-0.39, 0.29) is 6.54 Å². The summed E-state index contributed by atoms with van der Waals surface area (Å²) in [5, 5.41) is 6.35. The van der Waals surface area contributed by atoms with Gasteiger partial charge in [0.2, 0.25) is 0 Å². The number of halogens is 1. The van der Waals surface area contributed by atoms with Crippen LogP contribution in [0.15, 0.2) is 56.7 Å². The van der Waals surface area contributed by atoms with Crippen LogP contribution >= 0.6 is 15.9 Å². The van der Waals surface area contributed by atoms with Gasteiger partial charge in [0.1, 0.15) is 5.76 Å². The monoisotopic (exact) mass is 363 g/mol. The molecule has 0 spiro atoms. The van der Waals surface area contributed by atoms with Crippen molar-refractivity contribution in [3.05, 3.63) is 58.5 Å². The van der Waals surface area contributed by atoms with Crippen molar-refractivity contribution in [2.24, 2.45) is 5.10 Å². The number of rotatable bonds is 4. The maximum Gasteiger partial charge on any atom is 0.329 e. The van der Waals surface area contributed by atoms with Crippen LogP contribution in [0, 0.1) is 0 Å². The molecule has 0 fully saturated rings. The van der Waals surface area contributed by atoms with Gasteiger partial charge in [0, 0.05) is 4.47 Å². The summed E-state index contributed by atoms with van der Waals surface area (Å²) in [6.07, 6.45) is 1.49. The SMILES string of the molecule is C/C(=N/NC(=O)C(=O)NCc1ccco1)c1cccc(Br)c1. The number of nitrogens with zero attached hydrogens (tertiary/aromatic N) is 1. The number of hydrazone groups is 1. The molecule has 2 amide bonds. The summed E-state index contributed by atoms with van der Waals surface area (Å²) in [6, 6.07) is 10.9. The molecule has 2 N–H and O–H groups in total. The van der Waals surface area contributed by atoms with Crippen LogP contribution in [0.1, 0.15) is 18.2 Å². The van der Waals surface area contributed by atoms with E-state index >= 15 is 0 Å². The average molecular weight is 364 g/mol. The number of amides is 2. The topological polar surface area (TPSA) is 83.7 Å². The van der Waals surface area contributed by atoms with E-state index in [4.69, 9.17) is 4.42 Å². The molecular weight excluding hydrogens is 350 g/mol. The minimum Gasteiger partial charge on any atom is -0.467 e. The number of furan rings is 1. The number of hydrogen-bond acceptors (Lipinski definition) is 4. The lowest BCUT2D eigenvalue weighted by Crippen LogP contribution is -2.37. The van der Waals surface area contributed by atoms with E-state index in [1.807, 2.05) is 24.3 Å². The molecule has 7 heteroatoms. The van der Waals surface area contributed by atoms with Crippen LogP contribution < -0.4 is 10.7 Å². The van der Waals surface area contributed by atoms with Gasteiger partial charge >= 0.3 is 11.8 Å². The fraction of sp³-hybridized carbons (Fsp3) is 0.133. The van der Waals surface area contributed by atoms with Crippen LogP contribution in [0.2, 0.25) is 0 Å². The zero-order valence-corrected chi connectivity index (χ0v) is 13.4. The molecule has 22 heavy (non-hydrogen) atoms. The van der Waals surface area contributed by atoms with Crippen molar-refractivity contribution in [2.75, 3.05) is 0 Å². The Balaban J connectivity index is 1.88. The second-order valence-electron chi connectivity index (χ2n) is 4.41. The molecule has 0 aliphatic rings. The quantitative estimate of drug-likeness (QED) is 0.496. The molecule has 2 aromatic rings. The Hall–Kier alpha value is -2.41. The van der Waals surface area contributed by atoms with Gasteiger partial charge in [0.25, 0.3) is 0 Å². The smallest absolute Gasteiger partial charge is 0.329 e. The lowest BCUT2D eigenvalue weighted by Gasteiger charge is -2.04. The van der Waals surface area contributed by atoms with Crippen LogP contribution in [0.4, 0.5) is 0 Å². The summed E-state index contributed by atoms with van der Waals surface area (Å²) in [5.41, 5.74) is 3.65. The van der Waals surface area contributed by atoms with Crippen molar-refractivity contribution in [1.82, 2.24) is 10.7 Å². The molecule has 0 aliphatic heterocycles. The molecule has 0 saturated carbocycles. The zero-order chi connectivity index (χ0) is 15.9. The fourth-order valence-corrected chi connectivity index (χ4v) is 2.02. The molecule has 0 aliphatic carbocycles. The summed E-state index contributed by atoms with van der Waals surface area (Å²) in [7, 11) is 0. The fourth-order valence-electron chi connectivity index (χ4n) is 1.62. The Morgan fingerprint density at radius 1 is 1.23 bits per heavy atom. The molecule has 1 aromatic heterocycles. The maximum absolute atomic E-state index is 11.6. The van der Waals surface area contributed by atoms with Gasteiger partial charge in [-0.05, 0) is 36.8 Å². The first-order valence-corrected chi connectivity index (χ1v) is 7.26. The number of nitrogens with one attached hydrogen (secondary N) is 2. The van der Waals surface area contributed by atoms with E-state index < -0.39 is 11.8 Å². The highest BCUT2D eigenvalue weighted by atomic mass is 79.9. The third-order valence-electron chi connectivity index (χ3n) is 2.78. The van der Waals surface area contributed by atoms with E-state index in [0.717, 1.165) is 10.0 Å². The van der Waals surface area contributed by atoms with Crippen molar-refractivity contribution in [2.45, 2.75) is 13.5 Å². The largest absolute Gasteiger partial charge is 0.467 e. The van der Waals surface area contributed by atoms with Gasteiger partial charge in [0.05, 0.1) is 18.5 Å². The Morgan fingerprint density at radius 3 is 2.73 bits per heavy atom. The molecule has 1 aromatic carbocycles. The standard InChI is InChI=1S/C15H14BrN3O3/c1-10(11-4-2-5-12(16)8-11)18-19-15(21)14(20)17-9-13-6-3-7-22-13/h2-8H,9H2,1H3,(H,17,20)(H,19,21)/b18-10-. The lowest BCUT2D eigenvalue weighted by molar-refractivity contribution is -0.139. The minimum atomic E-state index is -0.832. The summed E-state index contributed by atoms with van der Waals surface area (Å²) in [6.45, 7) is 1.89. The van der Waals surface area contributed by atoms with Crippen LogP contribution in [-0.2, 0) is 16.1 Å². The summed E-state index contributed by atoms with van der Waals surface area (Å²) >= 11 is 3.36. The first-order chi connectivity index (χ1) is 10.6. The van der Waals surface area contributed by atoms with Gasteiger partial charge < -0.3 is 9.73 Å². The number of carbonyl (C=O) groups is 2. The first-order valence-electron chi connectivity index (χ1n) is 6.47. The summed E-state index contributed by atoms with van der Waals surface area (Å²) in [5.74, 6) is -1.04. The summed E-state index contributed by atoms with van der Waals surface area (Å²) < 4.78 is 5.96. The molecule has 0 atom stereocenters. The normalized spacial score (nSPS) is 11.1. The van der Waals surface area contributed by atoms with E-state index in [0.29, 0.717) is 11.5 Å². The third-order valence-corrected chi connectivity index (χ3v) is 3.27. The van der Waals surface area contributed by atoms with E-state index in [1.165, 1.54) is 6.26 Å². The van der Waals surface area contributed by atoms with Gasteiger partial charge in [-0.3, -0.25) is 9.59 Å². The molecule has 1 heterocycles. The average Bonchev–Trinajstić information content (AvgIpc) is 3.03. The Kier molecular flexibility index (Phi) is 5.48. The highest BCUT2D eigenvalue weighted by Gasteiger charge is 2.13. The van der Waals surface area contributed by atoms with Gasteiger partial charge in [-0.15, -0.1) is 0 Å². The van der Waals surface area contributed by atoms with Crippen molar-refractivity contribution < 1.29 is 14.0 Å². The second kappa shape index (κ2) is 7.56. The molecule has 2 rings (SSSR count). The Morgan fingerprint density at radius 2 is 2.05 bits per heavy atom. The van der Waals surface area contributed by atoms with Crippen molar-refractivity contribution in [3.63, 3.8) is 0 Å². The van der Waals surface area contributed by atoms with Crippen molar-refractivity contribution in [1.29, 1.82) is 0 Å². The molecule has 114 valence electrons. The third kappa shape index (κ3) is 4.56. The van der Waals surface area contributed by atoms with Crippen molar-refractivity contribution >= 4 is 33.5 Å². The lowest BCUT2D eigenvalue weighted by atomic mass is 10.1. The Labute approximate surface area is 135 Å².